The van der Waals surface area contributed by atoms with E-state index in [-0.39, 0.29) is 6.10 Å². The van der Waals surface area contributed by atoms with Gasteiger partial charge in [-0.15, -0.1) is 13.2 Å². The van der Waals surface area contributed by atoms with E-state index >= 15 is 0 Å². The van der Waals surface area contributed by atoms with E-state index in [0.717, 1.165) is 36.5 Å². The third kappa shape index (κ3) is 2.46. The average molecular weight is 317 g/mol. The molecule has 130 valence electrons. The van der Waals surface area contributed by atoms with Gasteiger partial charge < -0.3 is 5.11 Å². The largest absolute Gasteiger partial charge is 0.393 e. The van der Waals surface area contributed by atoms with Crippen LogP contribution in [-0.2, 0) is 0 Å². The molecular formula is C22H36O. The van der Waals surface area contributed by atoms with Crippen molar-refractivity contribution in [3.05, 3.63) is 25.3 Å². The Labute approximate surface area is 143 Å². The van der Waals surface area contributed by atoms with Crippen molar-refractivity contribution in [3.63, 3.8) is 0 Å². The van der Waals surface area contributed by atoms with E-state index in [1.165, 1.54) is 44.9 Å². The van der Waals surface area contributed by atoms with Gasteiger partial charge in [-0.25, -0.2) is 0 Å². The lowest BCUT2D eigenvalue weighted by molar-refractivity contribution is -0.116. The molecule has 0 bridgehead atoms. The second kappa shape index (κ2) is 6.06. The van der Waals surface area contributed by atoms with E-state index in [1.807, 2.05) is 0 Å². The van der Waals surface area contributed by atoms with Gasteiger partial charge in [-0.05, 0) is 92.3 Å². The van der Waals surface area contributed by atoms with Gasteiger partial charge in [0, 0.05) is 0 Å². The van der Waals surface area contributed by atoms with Crippen molar-refractivity contribution in [1.82, 2.24) is 0 Å². The SMILES string of the molecule is C=C.C=C1CCC2C3CCC4CC(O)CCC4(C)C3CCC12C. The summed E-state index contributed by atoms with van der Waals surface area (Å²) in [6.07, 6.45) is 11.6. The number of hydrogen-bond donors (Lipinski definition) is 1. The fourth-order valence-electron chi connectivity index (χ4n) is 7.14. The molecule has 1 nitrogen and oxygen atoms in total. The van der Waals surface area contributed by atoms with Crippen LogP contribution in [-0.4, -0.2) is 11.2 Å². The highest BCUT2D eigenvalue weighted by Gasteiger charge is 2.58. The average Bonchev–Trinajstić information content (AvgIpc) is 2.86. The Kier molecular flexibility index (Phi) is 4.55. The Morgan fingerprint density at radius 3 is 2.43 bits per heavy atom. The van der Waals surface area contributed by atoms with E-state index in [1.54, 1.807) is 5.57 Å². The van der Waals surface area contributed by atoms with Crippen molar-refractivity contribution in [2.75, 3.05) is 0 Å². The second-order valence-electron chi connectivity index (χ2n) is 9.18. The first-order chi connectivity index (χ1) is 10.9. The fourth-order valence-corrected chi connectivity index (χ4v) is 7.14. The Hall–Kier alpha value is -0.560. The summed E-state index contributed by atoms with van der Waals surface area (Å²) in [5.74, 6) is 3.57. The molecule has 0 saturated heterocycles. The zero-order valence-electron chi connectivity index (χ0n) is 15.3. The van der Waals surface area contributed by atoms with Crippen molar-refractivity contribution in [3.8, 4) is 0 Å². The van der Waals surface area contributed by atoms with Gasteiger partial charge in [-0.3, -0.25) is 0 Å². The number of hydrogen-bond acceptors (Lipinski definition) is 1. The fraction of sp³-hybridized carbons (Fsp3) is 0.818. The third-order valence-electron chi connectivity index (χ3n) is 8.59. The minimum absolute atomic E-state index is 0.0141. The molecule has 7 unspecified atom stereocenters. The lowest BCUT2D eigenvalue weighted by atomic mass is 9.45. The van der Waals surface area contributed by atoms with Gasteiger partial charge in [0.05, 0.1) is 6.10 Å². The highest BCUT2D eigenvalue weighted by Crippen LogP contribution is 2.67. The molecule has 0 aromatic carbocycles. The Balaban J connectivity index is 0.000000753. The maximum Gasteiger partial charge on any atom is 0.0543 e. The van der Waals surface area contributed by atoms with Crippen LogP contribution in [0.2, 0.25) is 0 Å². The summed E-state index contributed by atoms with van der Waals surface area (Å²) in [6, 6.07) is 0. The molecule has 0 amide bonds. The Morgan fingerprint density at radius 1 is 0.957 bits per heavy atom. The van der Waals surface area contributed by atoms with Gasteiger partial charge in [0.15, 0.2) is 0 Å². The molecule has 4 fully saturated rings. The van der Waals surface area contributed by atoms with Crippen LogP contribution in [0, 0.1) is 34.5 Å². The lowest BCUT2D eigenvalue weighted by Crippen LogP contribution is -2.53. The molecule has 0 aromatic heterocycles. The van der Waals surface area contributed by atoms with Gasteiger partial charge in [-0.2, -0.15) is 0 Å². The molecule has 23 heavy (non-hydrogen) atoms. The quantitative estimate of drug-likeness (QED) is 0.564. The Morgan fingerprint density at radius 2 is 1.70 bits per heavy atom. The van der Waals surface area contributed by atoms with Gasteiger partial charge in [0.1, 0.15) is 0 Å². The minimum atomic E-state index is -0.0141. The van der Waals surface area contributed by atoms with Crippen molar-refractivity contribution in [2.45, 2.75) is 77.7 Å². The molecule has 7 atom stereocenters. The van der Waals surface area contributed by atoms with E-state index in [0.29, 0.717) is 10.8 Å². The van der Waals surface area contributed by atoms with Crippen LogP contribution in [0.3, 0.4) is 0 Å². The first kappa shape index (κ1) is 17.3. The molecular weight excluding hydrogens is 280 g/mol. The molecule has 4 aliphatic rings. The smallest absolute Gasteiger partial charge is 0.0543 e. The third-order valence-corrected chi connectivity index (χ3v) is 8.59. The number of aliphatic hydroxyl groups is 1. The zero-order valence-corrected chi connectivity index (χ0v) is 15.3. The highest BCUT2D eigenvalue weighted by atomic mass is 16.3. The van der Waals surface area contributed by atoms with Gasteiger partial charge >= 0.3 is 0 Å². The van der Waals surface area contributed by atoms with E-state index < -0.39 is 0 Å². The van der Waals surface area contributed by atoms with Crippen LogP contribution < -0.4 is 0 Å². The monoisotopic (exact) mass is 316 g/mol. The zero-order chi connectivity index (χ0) is 16.8. The molecule has 0 radical (unpaired) electrons. The summed E-state index contributed by atoms with van der Waals surface area (Å²) in [5, 5.41) is 10.1. The van der Waals surface area contributed by atoms with Gasteiger partial charge in [0.25, 0.3) is 0 Å². The summed E-state index contributed by atoms with van der Waals surface area (Å²) >= 11 is 0. The van der Waals surface area contributed by atoms with Crippen LogP contribution >= 0.6 is 0 Å². The topological polar surface area (TPSA) is 20.2 Å². The molecule has 0 aliphatic heterocycles. The number of rotatable bonds is 0. The summed E-state index contributed by atoms with van der Waals surface area (Å²) in [5.41, 5.74) is 2.53. The van der Waals surface area contributed by atoms with Gasteiger partial charge in [0.2, 0.25) is 0 Å². The van der Waals surface area contributed by atoms with Crippen LogP contribution in [0.15, 0.2) is 25.3 Å². The van der Waals surface area contributed by atoms with Crippen LogP contribution in [0.5, 0.6) is 0 Å². The molecule has 0 spiro atoms. The van der Waals surface area contributed by atoms with Gasteiger partial charge in [-0.1, -0.05) is 26.0 Å². The van der Waals surface area contributed by atoms with Crippen molar-refractivity contribution in [2.24, 2.45) is 34.5 Å². The normalized spacial score (nSPS) is 51.8. The van der Waals surface area contributed by atoms with Crippen molar-refractivity contribution < 1.29 is 5.11 Å². The molecule has 0 aromatic rings. The predicted octanol–water partition coefficient (Wildman–Crippen LogP) is 5.75. The first-order valence-electron chi connectivity index (χ1n) is 9.81. The standard InChI is InChI=1S/C20H32O.C2H4/c1-13-4-7-17-16-6-5-14-12-15(21)8-10-20(14,3)18(16)9-11-19(13,17)2;1-2/h14-18,21H,1,4-12H2,2-3H3;1-2H2. The lowest BCUT2D eigenvalue weighted by Gasteiger charge is -2.60. The maximum absolute atomic E-state index is 10.1. The van der Waals surface area contributed by atoms with E-state index in [2.05, 4.69) is 33.6 Å². The highest BCUT2D eigenvalue weighted by molar-refractivity contribution is 5.21. The number of fused-ring (bicyclic) bond motifs is 5. The summed E-state index contributed by atoms with van der Waals surface area (Å²) in [6.45, 7) is 15.5. The first-order valence-corrected chi connectivity index (χ1v) is 9.81. The molecule has 4 rings (SSSR count). The Bertz CT molecular complexity index is 469. The molecule has 1 heteroatoms. The predicted molar refractivity (Wildman–Crippen MR) is 98.1 cm³/mol. The maximum atomic E-state index is 10.1. The molecule has 0 heterocycles. The second-order valence-corrected chi connectivity index (χ2v) is 9.18. The van der Waals surface area contributed by atoms with E-state index in [9.17, 15) is 5.11 Å². The minimum Gasteiger partial charge on any atom is -0.393 e. The summed E-state index contributed by atoms with van der Waals surface area (Å²) in [7, 11) is 0. The number of allylic oxidation sites excluding steroid dienone is 1. The summed E-state index contributed by atoms with van der Waals surface area (Å²) < 4.78 is 0. The van der Waals surface area contributed by atoms with E-state index in [4.69, 9.17) is 0 Å². The summed E-state index contributed by atoms with van der Waals surface area (Å²) in [4.78, 5) is 0. The van der Waals surface area contributed by atoms with Crippen molar-refractivity contribution >= 4 is 0 Å². The van der Waals surface area contributed by atoms with Crippen molar-refractivity contribution in [1.29, 1.82) is 0 Å². The molecule has 4 aliphatic carbocycles. The van der Waals surface area contributed by atoms with Crippen LogP contribution in [0.4, 0.5) is 0 Å². The molecule has 1 N–H and O–H groups in total. The van der Waals surface area contributed by atoms with Crippen LogP contribution in [0.1, 0.15) is 71.6 Å². The number of aliphatic hydroxyl groups excluding tert-OH is 1. The molecule has 4 saturated carbocycles. The van der Waals surface area contributed by atoms with Crippen LogP contribution in [0.25, 0.3) is 0 Å².